The summed E-state index contributed by atoms with van der Waals surface area (Å²) in [6.07, 6.45) is 5.99. The Kier molecular flexibility index (Phi) is 4.26. The van der Waals surface area contributed by atoms with Crippen molar-refractivity contribution in [1.82, 2.24) is 9.38 Å². The second kappa shape index (κ2) is 6.33. The molecule has 0 N–H and O–H groups in total. The zero-order valence-electron chi connectivity index (χ0n) is 12.4. The Labute approximate surface area is 138 Å². The lowest BCUT2D eigenvalue weighted by atomic mass is 10.1. The number of benzene rings is 1. The predicted molar refractivity (Wildman–Crippen MR) is 90.8 cm³/mol. The molecule has 0 aliphatic rings. The van der Waals surface area contributed by atoms with Gasteiger partial charge in [-0.2, -0.15) is 5.26 Å². The summed E-state index contributed by atoms with van der Waals surface area (Å²) in [5.41, 5.74) is 5.61. The number of rotatable bonds is 4. The maximum absolute atomic E-state index is 9.04. The van der Waals surface area contributed by atoms with Crippen LogP contribution < -0.4 is 0 Å². The summed E-state index contributed by atoms with van der Waals surface area (Å²) >= 11 is 3.68. The molecule has 0 radical (unpaired) electrons. The average Bonchev–Trinajstić information content (AvgIpc) is 2.80. The topological polar surface area (TPSA) is 41.1 Å². The van der Waals surface area contributed by atoms with E-state index in [4.69, 9.17) is 5.26 Å². The Balaban J connectivity index is 2.00. The van der Waals surface area contributed by atoms with Gasteiger partial charge in [0.2, 0.25) is 0 Å². The molecule has 3 aromatic rings. The summed E-state index contributed by atoms with van der Waals surface area (Å²) in [6.45, 7) is 2.05. The average molecular weight is 354 g/mol. The van der Waals surface area contributed by atoms with Crippen molar-refractivity contribution in [3.05, 3.63) is 69.7 Å². The minimum Gasteiger partial charge on any atom is -0.315 e. The fraction of sp³-hybridized carbons (Fsp3) is 0.222. The van der Waals surface area contributed by atoms with Crippen LogP contribution in [0, 0.1) is 18.3 Å². The lowest BCUT2D eigenvalue weighted by molar-refractivity contribution is 0.899. The number of fused-ring (bicyclic) bond motifs is 1. The Morgan fingerprint density at radius 1 is 1.23 bits per heavy atom. The molecule has 0 spiro atoms. The highest BCUT2D eigenvalue weighted by Gasteiger charge is 2.16. The zero-order valence-corrected chi connectivity index (χ0v) is 14.0. The molecule has 0 unspecified atom stereocenters. The molecule has 3 nitrogen and oxygen atoms in total. The highest BCUT2D eigenvalue weighted by atomic mass is 79.9. The molecule has 2 heterocycles. The van der Waals surface area contributed by atoms with Crippen LogP contribution in [-0.4, -0.2) is 9.38 Å². The van der Waals surface area contributed by atoms with Crippen LogP contribution in [0.3, 0.4) is 0 Å². The Morgan fingerprint density at radius 3 is 2.73 bits per heavy atom. The van der Waals surface area contributed by atoms with Gasteiger partial charge in [-0.15, -0.1) is 0 Å². The predicted octanol–water partition coefficient (Wildman–Crippen LogP) is 4.26. The summed E-state index contributed by atoms with van der Waals surface area (Å²) in [4.78, 5) is 4.56. The number of halogens is 1. The van der Waals surface area contributed by atoms with E-state index in [9.17, 15) is 0 Å². The summed E-state index contributed by atoms with van der Waals surface area (Å²) in [5, 5.41) is 9.04. The highest BCUT2D eigenvalue weighted by molar-refractivity contribution is 9.10. The summed E-state index contributed by atoms with van der Waals surface area (Å²) in [7, 11) is 0. The van der Waals surface area contributed by atoms with E-state index in [1.54, 1.807) is 0 Å². The first-order chi connectivity index (χ1) is 10.7. The van der Waals surface area contributed by atoms with Crippen molar-refractivity contribution in [3.8, 4) is 6.07 Å². The van der Waals surface area contributed by atoms with E-state index in [1.165, 1.54) is 5.56 Å². The van der Waals surface area contributed by atoms with E-state index in [2.05, 4.69) is 55.6 Å². The van der Waals surface area contributed by atoms with Gasteiger partial charge in [0.05, 0.1) is 23.7 Å². The van der Waals surface area contributed by atoms with Crippen molar-refractivity contribution in [1.29, 1.82) is 5.26 Å². The van der Waals surface area contributed by atoms with Gasteiger partial charge >= 0.3 is 0 Å². The molecule has 22 heavy (non-hydrogen) atoms. The van der Waals surface area contributed by atoms with Gasteiger partial charge in [-0.1, -0.05) is 30.3 Å². The SMILES string of the molecule is Cc1c(Br)c2c(CCc3ccccc3)nccn2c1CC#N. The van der Waals surface area contributed by atoms with Gasteiger partial charge in [-0.25, -0.2) is 0 Å². The van der Waals surface area contributed by atoms with Gasteiger partial charge in [-0.05, 0) is 46.8 Å². The van der Waals surface area contributed by atoms with Crippen LogP contribution >= 0.6 is 15.9 Å². The molecule has 0 aliphatic heterocycles. The van der Waals surface area contributed by atoms with E-state index in [-0.39, 0.29) is 0 Å². The maximum atomic E-state index is 9.04. The van der Waals surface area contributed by atoms with E-state index >= 15 is 0 Å². The zero-order chi connectivity index (χ0) is 15.5. The molecule has 0 aliphatic carbocycles. The van der Waals surface area contributed by atoms with Crippen molar-refractivity contribution < 1.29 is 0 Å². The van der Waals surface area contributed by atoms with Gasteiger partial charge in [0.15, 0.2) is 0 Å². The largest absolute Gasteiger partial charge is 0.315 e. The molecular weight excluding hydrogens is 338 g/mol. The monoisotopic (exact) mass is 353 g/mol. The molecule has 0 saturated heterocycles. The van der Waals surface area contributed by atoms with Crippen LogP contribution in [0.2, 0.25) is 0 Å². The number of hydrogen-bond acceptors (Lipinski definition) is 2. The number of nitrogens with zero attached hydrogens (tertiary/aromatic N) is 3. The number of aromatic nitrogens is 2. The normalized spacial score (nSPS) is 10.8. The molecule has 110 valence electrons. The smallest absolute Gasteiger partial charge is 0.0816 e. The van der Waals surface area contributed by atoms with Crippen molar-refractivity contribution in [2.75, 3.05) is 0 Å². The van der Waals surface area contributed by atoms with Gasteiger partial charge < -0.3 is 4.40 Å². The highest BCUT2D eigenvalue weighted by Crippen LogP contribution is 2.30. The molecule has 0 amide bonds. The maximum Gasteiger partial charge on any atom is 0.0816 e. The van der Waals surface area contributed by atoms with E-state index in [0.717, 1.165) is 39.8 Å². The van der Waals surface area contributed by atoms with Crippen LogP contribution in [0.1, 0.15) is 22.5 Å². The number of nitriles is 1. The van der Waals surface area contributed by atoms with Gasteiger partial charge in [0.25, 0.3) is 0 Å². The molecule has 2 aromatic heterocycles. The van der Waals surface area contributed by atoms with Crippen molar-refractivity contribution >= 4 is 21.4 Å². The standard InChI is InChI=1S/C18H16BrN3/c1-13-16(9-10-20)22-12-11-21-15(18(22)17(13)19)8-7-14-5-3-2-4-6-14/h2-6,11-12H,7-9H2,1H3. The molecule has 0 saturated carbocycles. The molecule has 4 heteroatoms. The van der Waals surface area contributed by atoms with E-state index in [1.807, 2.05) is 25.4 Å². The number of hydrogen-bond donors (Lipinski definition) is 0. The first-order valence-electron chi connectivity index (χ1n) is 7.26. The summed E-state index contributed by atoms with van der Waals surface area (Å²) in [5.74, 6) is 0. The third kappa shape index (κ3) is 2.65. The fourth-order valence-corrected chi connectivity index (χ4v) is 3.44. The van der Waals surface area contributed by atoms with Gasteiger partial charge in [0.1, 0.15) is 0 Å². The number of aryl methyl sites for hydroxylation is 2. The molecule has 3 rings (SSSR count). The van der Waals surface area contributed by atoms with E-state index in [0.29, 0.717) is 6.42 Å². The first kappa shape index (κ1) is 14.8. The fourth-order valence-electron chi connectivity index (χ4n) is 2.79. The summed E-state index contributed by atoms with van der Waals surface area (Å²) < 4.78 is 3.14. The molecule has 1 aromatic carbocycles. The van der Waals surface area contributed by atoms with Crippen LogP contribution in [0.4, 0.5) is 0 Å². The quantitative estimate of drug-likeness (QED) is 0.703. The first-order valence-corrected chi connectivity index (χ1v) is 8.05. The Hall–Kier alpha value is -2.12. The minimum absolute atomic E-state index is 0.404. The van der Waals surface area contributed by atoms with Gasteiger partial charge in [0, 0.05) is 22.6 Å². The van der Waals surface area contributed by atoms with Crippen molar-refractivity contribution in [3.63, 3.8) is 0 Å². The molecule has 0 atom stereocenters. The van der Waals surface area contributed by atoms with Crippen molar-refractivity contribution in [2.24, 2.45) is 0 Å². The molecular formula is C18H16BrN3. The Bertz CT molecular complexity index is 844. The van der Waals surface area contributed by atoms with Crippen molar-refractivity contribution in [2.45, 2.75) is 26.2 Å². The van der Waals surface area contributed by atoms with Crippen LogP contribution in [0.15, 0.2) is 47.2 Å². The lowest BCUT2D eigenvalue weighted by Crippen LogP contribution is -2.00. The van der Waals surface area contributed by atoms with Crippen LogP contribution in [0.5, 0.6) is 0 Å². The third-order valence-corrected chi connectivity index (χ3v) is 4.93. The molecule has 0 bridgehead atoms. The minimum atomic E-state index is 0.404. The second-order valence-corrected chi connectivity index (χ2v) is 6.09. The second-order valence-electron chi connectivity index (χ2n) is 5.30. The van der Waals surface area contributed by atoms with E-state index < -0.39 is 0 Å². The third-order valence-electron chi connectivity index (χ3n) is 3.96. The Morgan fingerprint density at radius 2 is 2.00 bits per heavy atom. The van der Waals surface area contributed by atoms with Crippen LogP contribution in [-0.2, 0) is 19.3 Å². The van der Waals surface area contributed by atoms with Crippen LogP contribution in [0.25, 0.3) is 5.52 Å². The molecule has 0 fully saturated rings. The lowest BCUT2D eigenvalue weighted by Gasteiger charge is -2.06. The van der Waals surface area contributed by atoms with Gasteiger partial charge in [-0.3, -0.25) is 4.98 Å². The summed E-state index contributed by atoms with van der Waals surface area (Å²) in [6, 6.07) is 12.7.